The van der Waals surface area contributed by atoms with Gasteiger partial charge in [-0.1, -0.05) is 51.3 Å². The Hall–Kier alpha value is -4.27. The number of methoxy groups -OCH3 is 1. The fraction of sp³-hybridized carbons (Fsp3) is 0.424. The van der Waals surface area contributed by atoms with Gasteiger partial charge >= 0.3 is 0 Å². The predicted molar refractivity (Wildman–Crippen MR) is 161 cm³/mol. The van der Waals surface area contributed by atoms with E-state index in [0.29, 0.717) is 61.1 Å². The number of benzene rings is 2. The second kappa shape index (κ2) is 15.1. The summed E-state index contributed by atoms with van der Waals surface area (Å²) >= 11 is 0. The molecule has 1 saturated heterocycles. The van der Waals surface area contributed by atoms with Crippen molar-refractivity contribution in [3.63, 3.8) is 0 Å². The third kappa shape index (κ3) is 7.32. The number of carbonyl (C=O) groups is 2. The molecule has 0 saturated carbocycles. The van der Waals surface area contributed by atoms with Crippen LogP contribution in [-0.2, 0) is 16.1 Å². The largest absolute Gasteiger partial charge is 0.507 e. The van der Waals surface area contributed by atoms with Gasteiger partial charge in [-0.3, -0.25) is 9.59 Å². The Morgan fingerprint density at radius 2 is 1.74 bits per heavy atom. The van der Waals surface area contributed by atoms with Crippen molar-refractivity contribution >= 4 is 17.4 Å². The number of hydrogen-bond acceptors (Lipinski definition) is 7. The van der Waals surface area contributed by atoms with Crippen LogP contribution in [0.15, 0.2) is 66.8 Å². The van der Waals surface area contributed by atoms with Crippen molar-refractivity contribution in [3.8, 4) is 17.2 Å². The number of rotatable bonds is 16. The van der Waals surface area contributed by atoms with E-state index >= 15 is 0 Å². The Labute approximate surface area is 247 Å². The summed E-state index contributed by atoms with van der Waals surface area (Å²) < 4.78 is 19.4. The van der Waals surface area contributed by atoms with Crippen LogP contribution in [-0.4, -0.2) is 58.1 Å². The van der Waals surface area contributed by atoms with E-state index in [0.717, 1.165) is 32.1 Å². The number of hydrogen-bond donors (Lipinski definition) is 1. The number of amides is 1. The molecule has 42 heavy (non-hydrogen) atoms. The average molecular weight is 576 g/mol. The Morgan fingerprint density at radius 3 is 2.48 bits per heavy atom. The molecule has 1 fully saturated rings. The molecule has 4 rings (SSSR count). The van der Waals surface area contributed by atoms with E-state index in [1.807, 2.05) is 22.9 Å². The van der Waals surface area contributed by atoms with Gasteiger partial charge in [-0.25, -0.2) is 4.98 Å². The number of aliphatic hydroxyl groups is 1. The Morgan fingerprint density at radius 1 is 0.929 bits per heavy atom. The summed E-state index contributed by atoms with van der Waals surface area (Å²) in [5, 5.41) is 11.5. The molecular formula is C33H41N3O6. The van der Waals surface area contributed by atoms with E-state index in [1.54, 1.807) is 50.0 Å². The monoisotopic (exact) mass is 575 g/mol. The molecule has 1 aliphatic heterocycles. The molecule has 2 aromatic carbocycles. The average Bonchev–Trinajstić information content (AvgIpc) is 3.62. The highest BCUT2D eigenvalue weighted by Crippen LogP contribution is 2.42. The second-order valence-electron chi connectivity index (χ2n) is 10.3. The van der Waals surface area contributed by atoms with Gasteiger partial charge in [-0.15, -0.1) is 0 Å². The van der Waals surface area contributed by atoms with Crippen LogP contribution in [0.2, 0.25) is 0 Å². The third-order valence-electron chi connectivity index (χ3n) is 7.30. The zero-order valence-corrected chi connectivity index (χ0v) is 24.8. The molecule has 224 valence electrons. The van der Waals surface area contributed by atoms with Crippen molar-refractivity contribution < 1.29 is 28.9 Å². The van der Waals surface area contributed by atoms with E-state index < -0.39 is 17.7 Å². The van der Waals surface area contributed by atoms with Crippen LogP contribution in [0.1, 0.15) is 69.5 Å². The lowest BCUT2D eigenvalue weighted by atomic mass is 9.95. The quantitative estimate of drug-likeness (QED) is 0.0945. The zero-order valence-electron chi connectivity index (χ0n) is 24.8. The highest BCUT2D eigenvalue weighted by atomic mass is 16.5. The van der Waals surface area contributed by atoms with Gasteiger partial charge in [-0.05, 0) is 49.1 Å². The van der Waals surface area contributed by atoms with Crippen LogP contribution in [0.5, 0.6) is 17.2 Å². The normalized spacial score (nSPS) is 16.2. The molecule has 1 atom stereocenters. The first kappa shape index (κ1) is 30.7. The van der Waals surface area contributed by atoms with Crippen LogP contribution in [0.3, 0.4) is 0 Å². The number of likely N-dealkylation sites (tertiary alicyclic amines) is 1. The first-order chi connectivity index (χ1) is 20.5. The number of carbonyl (C=O) groups excluding carboxylic acids is 2. The number of Topliss-reactive ketones (excluding diaryl/α,β-unsaturated/α-hetero) is 1. The number of unbranched alkanes of at least 4 members (excludes halogenated alkanes) is 3. The molecule has 1 aliphatic rings. The highest BCUT2D eigenvalue weighted by Gasteiger charge is 2.46. The van der Waals surface area contributed by atoms with E-state index in [4.69, 9.17) is 14.2 Å². The van der Waals surface area contributed by atoms with E-state index in [9.17, 15) is 14.7 Å². The minimum atomic E-state index is -0.805. The number of aliphatic hydroxyl groups excluding tert-OH is 1. The van der Waals surface area contributed by atoms with Crippen LogP contribution >= 0.6 is 0 Å². The summed E-state index contributed by atoms with van der Waals surface area (Å²) in [5.41, 5.74) is 1.09. The van der Waals surface area contributed by atoms with Gasteiger partial charge in [0.15, 0.2) is 11.5 Å². The van der Waals surface area contributed by atoms with Crippen molar-refractivity contribution in [2.24, 2.45) is 0 Å². The minimum Gasteiger partial charge on any atom is -0.507 e. The molecule has 3 aromatic rings. The molecule has 1 amide bonds. The summed E-state index contributed by atoms with van der Waals surface area (Å²) in [6.07, 6.45) is 10.8. The summed E-state index contributed by atoms with van der Waals surface area (Å²) in [6, 6.07) is 11.6. The lowest BCUT2D eigenvalue weighted by Crippen LogP contribution is -2.31. The maximum atomic E-state index is 13.5. The lowest BCUT2D eigenvalue weighted by Gasteiger charge is -2.26. The fourth-order valence-electron chi connectivity index (χ4n) is 5.03. The van der Waals surface area contributed by atoms with Gasteiger partial charge in [0.1, 0.15) is 11.5 Å². The van der Waals surface area contributed by atoms with E-state index in [1.165, 1.54) is 4.90 Å². The van der Waals surface area contributed by atoms with Crippen molar-refractivity contribution in [2.75, 3.05) is 26.9 Å². The predicted octanol–water partition coefficient (Wildman–Crippen LogP) is 6.15. The molecule has 0 spiro atoms. The maximum Gasteiger partial charge on any atom is 0.295 e. The summed E-state index contributed by atoms with van der Waals surface area (Å²) in [4.78, 5) is 32.5. The van der Waals surface area contributed by atoms with Gasteiger partial charge in [0.25, 0.3) is 11.7 Å². The highest BCUT2D eigenvalue weighted by molar-refractivity contribution is 6.46. The van der Waals surface area contributed by atoms with Gasteiger partial charge in [-0.2, -0.15) is 0 Å². The summed E-state index contributed by atoms with van der Waals surface area (Å²) in [7, 11) is 1.56. The molecule has 2 heterocycles. The second-order valence-corrected chi connectivity index (χ2v) is 10.3. The van der Waals surface area contributed by atoms with Crippen molar-refractivity contribution in [3.05, 3.63) is 77.9 Å². The number of imidazole rings is 1. The number of ether oxygens (including phenoxy) is 3. The van der Waals surface area contributed by atoms with Crippen molar-refractivity contribution in [2.45, 2.75) is 65.0 Å². The van der Waals surface area contributed by atoms with Gasteiger partial charge in [0, 0.05) is 31.0 Å². The third-order valence-corrected chi connectivity index (χ3v) is 7.30. The number of nitrogens with zero attached hydrogens (tertiary/aromatic N) is 3. The minimum absolute atomic E-state index is 0.0343. The maximum absolute atomic E-state index is 13.5. The molecule has 1 aromatic heterocycles. The first-order valence-electron chi connectivity index (χ1n) is 14.8. The molecule has 1 unspecified atom stereocenters. The summed E-state index contributed by atoms with van der Waals surface area (Å²) in [6.45, 7) is 6.27. The molecule has 9 nitrogen and oxygen atoms in total. The molecule has 0 radical (unpaired) electrons. The Balaban J connectivity index is 1.70. The van der Waals surface area contributed by atoms with Crippen LogP contribution in [0.4, 0.5) is 0 Å². The van der Waals surface area contributed by atoms with E-state index in [-0.39, 0.29) is 11.3 Å². The molecule has 1 N–H and O–H groups in total. The standard InChI is InChI=1S/C33H41N3O6/c1-4-6-8-20-42-27-14-13-24(22-28(27)40-3)30-29(31(37)25-11-9-12-26(21-25)41-19-7-5-2)32(38)33(39)36(30)17-10-16-35-18-15-34-23-35/h9,11-15,18,21-23,30,37H,4-8,10,16-17,19-20H2,1-3H3/b31-29+. The Bertz CT molecular complexity index is 1370. The summed E-state index contributed by atoms with van der Waals surface area (Å²) in [5.74, 6) is 0.0588. The zero-order chi connectivity index (χ0) is 29.9. The van der Waals surface area contributed by atoms with Gasteiger partial charge in [0.2, 0.25) is 0 Å². The van der Waals surface area contributed by atoms with Crippen molar-refractivity contribution in [1.82, 2.24) is 14.5 Å². The molecule has 0 aliphatic carbocycles. The van der Waals surface area contributed by atoms with Crippen LogP contribution < -0.4 is 14.2 Å². The lowest BCUT2D eigenvalue weighted by molar-refractivity contribution is -0.139. The topological polar surface area (TPSA) is 103 Å². The fourth-order valence-corrected chi connectivity index (χ4v) is 5.03. The number of aryl methyl sites for hydroxylation is 1. The number of ketones is 1. The van der Waals surface area contributed by atoms with Gasteiger partial charge < -0.3 is 28.8 Å². The van der Waals surface area contributed by atoms with Crippen LogP contribution in [0, 0.1) is 0 Å². The Kier molecular flexibility index (Phi) is 11.0. The van der Waals surface area contributed by atoms with E-state index in [2.05, 4.69) is 18.8 Å². The smallest absolute Gasteiger partial charge is 0.295 e. The molecule has 9 heteroatoms. The van der Waals surface area contributed by atoms with Crippen LogP contribution in [0.25, 0.3) is 5.76 Å². The number of aromatic nitrogens is 2. The molecule has 0 bridgehead atoms. The van der Waals surface area contributed by atoms with Gasteiger partial charge in [0.05, 0.1) is 38.3 Å². The van der Waals surface area contributed by atoms with Crippen molar-refractivity contribution in [1.29, 1.82) is 0 Å². The first-order valence-corrected chi connectivity index (χ1v) is 14.8. The molecular weight excluding hydrogens is 534 g/mol. The SMILES string of the molecule is CCCCCOc1ccc(C2/C(=C(\O)c3cccc(OCCCC)c3)C(=O)C(=O)N2CCCn2ccnc2)cc1OC.